The number of carbonyl (C=O) groups excluding carboxylic acids is 1. The first-order chi connectivity index (χ1) is 12.3. The summed E-state index contributed by atoms with van der Waals surface area (Å²) in [5, 5.41) is 2.68. The van der Waals surface area contributed by atoms with E-state index in [-0.39, 0.29) is 13.1 Å². The number of benzene rings is 2. The number of carbonyl (C=O) groups is 1. The zero-order chi connectivity index (χ0) is 19.2. The van der Waals surface area contributed by atoms with Crippen LogP contribution in [-0.4, -0.2) is 45.7 Å². The van der Waals surface area contributed by atoms with Crippen LogP contribution in [0.15, 0.2) is 48.5 Å². The fourth-order valence-electron chi connectivity index (χ4n) is 2.41. The summed E-state index contributed by atoms with van der Waals surface area (Å²) in [4.78, 5) is 12.4. The fraction of sp³-hybridized carbons (Fsp3) is 0.278. The van der Waals surface area contributed by atoms with Gasteiger partial charge in [-0.3, -0.25) is 4.79 Å². The van der Waals surface area contributed by atoms with Crippen LogP contribution >= 0.6 is 0 Å². The molecule has 2 rings (SSSR count). The first-order valence-corrected chi connectivity index (χ1v) is 9.70. The normalized spacial score (nSPS) is 11.2. The van der Waals surface area contributed by atoms with E-state index < -0.39 is 15.9 Å². The van der Waals surface area contributed by atoms with Crippen LogP contribution in [0.4, 0.5) is 5.69 Å². The number of nitrogens with zero attached hydrogens (tertiary/aromatic N) is 1. The van der Waals surface area contributed by atoms with Crippen LogP contribution in [-0.2, 0) is 21.4 Å². The Bertz CT molecular complexity index is 867. The molecule has 2 aromatic rings. The third-order valence-electron chi connectivity index (χ3n) is 3.71. The zero-order valence-corrected chi connectivity index (χ0v) is 15.7. The van der Waals surface area contributed by atoms with Crippen LogP contribution in [0.1, 0.15) is 5.56 Å². The molecule has 26 heavy (non-hydrogen) atoms. The lowest BCUT2D eigenvalue weighted by Crippen LogP contribution is -2.37. The van der Waals surface area contributed by atoms with Gasteiger partial charge in [-0.2, -0.15) is 4.31 Å². The summed E-state index contributed by atoms with van der Waals surface area (Å²) < 4.78 is 35.8. The maximum Gasteiger partial charge on any atom is 0.239 e. The minimum Gasteiger partial charge on any atom is -0.496 e. The number of anilines is 1. The van der Waals surface area contributed by atoms with Gasteiger partial charge in [-0.15, -0.1) is 0 Å². The van der Waals surface area contributed by atoms with Gasteiger partial charge in [0, 0.05) is 12.1 Å². The molecule has 0 aromatic heterocycles. The molecule has 7 nitrogen and oxygen atoms in total. The van der Waals surface area contributed by atoms with E-state index in [0.29, 0.717) is 22.7 Å². The van der Waals surface area contributed by atoms with Gasteiger partial charge in [0.15, 0.2) is 0 Å². The zero-order valence-electron chi connectivity index (χ0n) is 14.9. The van der Waals surface area contributed by atoms with Gasteiger partial charge in [0.2, 0.25) is 15.9 Å². The van der Waals surface area contributed by atoms with Crippen molar-refractivity contribution in [1.29, 1.82) is 0 Å². The molecule has 1 amide bonds. The van der Waals surface area contributed by atoms with Crippen molar-refractivity contribution in [3.8, 4) is 11.5 Å². The van der Waals surface area contributed by atoms with E-state index in [1.807, 2.05) is 0 Å². The largest absolute Gasteiger partial charge is 0.496 e. The molecule has 0 bridgehead atoms. The Morgan fingerprint density at radius 1 is 1.00 bits per heavy atom. The minimum atomic E-state index is -3.61. The maximum absolute atomic E-state index is 12.4. The van der Waals surface area contributed by atoms with Crippen LogP contribution in [0.3, 0.4) is 0 Å². The lowest BCUT2D eigenvalue weighted by atomic mass is 10.2. The SMILES string of the molecule is COc1ccccc1CN(CC(=O)Nc1ccccc1OC)S(C)(=O)=O. The van der Waals surface area contributed by atoms with Crippen LogP contribution in [0.25, 0.3) is 0 Å². The Kier molecular flexibility index (Phi) is 6.59. The monoisotopic (exact) mass is 378 g/mol. The van der Waals surface area contributed by atoms with Gasteiger partial charge in [-0.05, 0) is 18.2 Å². The average molecular weight is 378 g/mol. The van der Waals surface area contributed by atoms with E-state index in [2.05, 4.69) is 5.32 Å². The summed E-state index contributed by atoms with van der Waals surface area (Å²) in [6.45, 7) is -0.295. The molecule has 140 valence electrons. The van der Waals surface area contributed by atoms with Crippen LogP contribution in [0, 0.1) is 0 Å². The topological polar surface area (TPSA) is 84.9 Å². The van der Waals surface area contributed by atoms with Gasteiger partial charge in [-0.25, -0.2) is 8.42 Å². The number of para-hydroxylation sites is 3. The maximum atomic E-state index is 12.4. The van der Waals surface area contributed by atoms with Gasteiger partial charge in [0.25, 0.3) is 0 Å². The van der Waals surface area contributed by atoms with Gasteiger partial charge < -0.3 is 14.8 Å². The van der Waals surface area contributed by atoms with E-state index in [0.717, 1.165) is 10.6 Å². The summed E-state index contributed by atoms with van der Waals surface area (Å²) in [5.41, 5.74) is 1.15. The van der Waals surface area contributed by atoms with Crippen molar-refractivity contribution in [1.82, 2.24) is 4.31 Å². The Hall–Kier alpha value is -2.58. The fourth-order valence-corrected chi connectivity index (χ4v) is 3.14. The van der Waals surface area contributed by atoms with Crippen molar-refractivity contribution in [3.05, 3.63) is 54.1 Å². The highest BCUT2D eigenvalue weighted by atomic mass is 32.2. The molecule has 2 aromatic carbocycles. The first kappa shape index (κ1) is 19.7. The standard InChI is InChI=1S/C18H22N2O5S/c1-24-16-10-6-4-8-14(16)12-20(26(3,22)23)13-18(21)19-15-9-5-7-11-17(15)25-2/h4-11H,12-13H2,1-3H3,(H,19,21). The molecule has 0 fully saturated rings. The first-order valence-electron chi connectivity index (χ1n) is 7.85. The predicted octanol–water partition coefficient (Wildman–Crippen LogP) is 2.10. The number of methoxy groups -OCH3 is 2. The Labute approximate surface area is 153 Å². The number of hydrogen-bond donors (Lipinski definition) is 1. The molecule has 0 saturated carbocycles. The number of hydrogen-bond acceptors (Lipinski definition) is 5. The molecule has 0 atom stereocenters. The number of sulfonamides is 1. The molecule has 1 N–H and O–H groups in total. The quantitative estimate of drug-likeness (QED) is 0.760. The molecule has 0 aliphatic heterocycles. The molecule has 0 aliphatic carbocycles. The summed E-state index contributed by atoms with van der Waals surface area (Å²) in [7, 11) is -0.598. The number of nitrogens with one attached hydrogen (secondary N) is 1. The molecule has 0 aliphatic rings. The van der Waals surface area contributed by atoms with E-state index in [1.54, 1.807) is 48.5 Å². The lowest BCUT2D eigenvalue weighted by molar-refractivity contribution is -0.116. The third kappa shape index (κ3) is 5.21. The molecule has 0 spiro atoms. The second-order valence-electron chi connectivity index (χ2n) is 5.59. The van der Waals surface area contributed by atoms with Crippen molar-refractivity contribution in [2.24, 2.45) is 0 Å². The van der Waals surface area contributed by atoms with Crippen LogP contribution < -0.4 is 14.8 Å². The molecule has 0 radical (unpaired) electrons. The molecule has 0 heterocycles. The van der Waals surface area contributed by atoms with Crippen molar-refractivity contribution in [2.45, 2.75) is 6.54 Å². The van der Waals surface area contributed by atoms with Gasteiger partial charge in [-0.1, -0.05) is 30.3 Å². The Morgan fingerprint density at radius 3 is 2.19 bits per heavy atom. The van der Waals surface area contributed by atoms with Crippen molar-refractivity contribution < 1.29 is 22.7 Å². The average Bonchev–Trinajstić information content (AvgIpc) is 2.61. The Balaban J connectivity index is 2.17. The van der Waals surface area contributed by atoms with E-state index in [9.17, 15) is 13.2 Å². The molecular weight excluding hydrogens is 356 g/mol. The molecular formula is C18H22N2O5S. The van der Waals surface area contributed by atoms with Crippen LogP contribution in [0.2, 0.25) is 0 Å². The van der Waals surface area contributed by atoms with Crippen molar-refractivity contribution in [2.75, 3.05) is 32.3 Å². The minimum absolute atomic E-state index is 0.0300. The molecule has 8 heteroatoms. The summed E-state index contributed by atoms with van der Waals surface area (Å²) in [6.07, 6.45) is 1.07. The number of ether oxygens (including phenoxy) is 2. The van der Waals surface area contributed by atoms with Gasteiger partial charge >= 0.3 is 0 Å². The van der Waals surface area contributed by atoms with Crippen molar-refractivity contribution >= 4 is 21.6 Å². The lowest BCUT2D eigenvalue weighted by Gasteiger charge is -2.21. The summed E-state index contributed by atoms with van der Waals surface area (Å²) >= 11 is 0. The molecule has 0 unspecified atom stereocenters. The summed E-state index contributed by atoms with van der Waals surface area (Å²) in [6, 6.07) is 14.0. The number of amides is 1. The van der Waals surface area contributed by atoms with Gasteiger partial charge in [0.1, 0.15) is 11.5 Å². The van der Waals surface area contributed by atoms with Gasteiger partial charge in [0.05, 0.1) is 32.7 Å². The highest BCUT2D eigenvalue weighted by Gasteiger charge is 2.22. The highest BCUT2D eigenvalue weighted by Crippen LogP contribution is 2.24. The van der Waals surface area contributed by atoms with Crippen molar-refractivity contribution in [3.63, 3.8) is 0 Å². The highest BCUT2D eigenvalue weighted by molar-refractivity contribution is 7.88. The third-order valence-corrected chi connectivity index (χ3v) is 4.91. The summed E-state index contributed by atoms with van der Waals surface area (Å²) in [5.74, 6) is 0.595. The second-order valence-corrected chi connectivity index (χ2v) is 7.57. The van der Waals surface area contributed by atoms with Crippen LogP contribution in [0.5, 0.6) is 11.5 Å². The molecule has 0 saturated heterocycles. The van der Waals surface area contributed by atoms with E-state index >= 15 is 0 Å². The number of rotatable bonds is 8. The van der Waals surface area contributed by atoms with E-state index in [4.69, 9.17) is 9.47 Å². The Morgan fingerprint density at radius 2 is 1.58 bits per heavy atom. The predicted molar refractivity (Wildman–Crippen MR) is 99.9 cm³/mol. The van der Waals surface area contributed by atoms with E-state index in [1.165, 1.54) is 14.2 Å². The smallest absolute Gasteiger partial charge is 0.239 e. The second kappa shape index (κ2) is 8.68.